The first-order valence-electron chi connectivity index (χ1n) is 9.02. The number of hydrogen-bond donors (Lipinski definition) is 2. The fraction of sp³-hybridized carbons (Fsp3) is 0.300. The summed E-state index contributed by atoms with van der Waals surface area (Å²) in [6, 6.07) is 5.48. The van der Waals surface area contributed by atoms with Crippen LogP contribution >= 0.6 is 11.3 Å². The second-order valence-corrected chi connectivity index (χ2v) is 6.90. The number of ether oxygens (including phenoxy) is 3. The molecule has 0 spiro atoms. The summed E-state index contributed by atoms with van der Waals surface area (Å²) in [5, 5.41) is 12.0. The molecule has 0 bridgehead atoms. The number of thiophene rings is 1. The smallest absolute Gasteiger partial charge is 0.348 e. The van der Waals surface area contributed by atoms with Crippen LogP contribution in [-0.2, 0) is 19.0 Å². The average molecular weight is 435 g/mol. The minimum atomic E-state index is -0.804. The number of carbonyl (C=O) groups is 4. The van der Waals surface area contributed by atoms with Gasteiger partial charge in [-0.25, -0.2) is 14.4 Å². The van der Waals surface area contributed by atoms with E-state index < -0.39 is 30.4 Å². The van der Waals surface area contributed by atoms with Crippen LogP contribution in [0.1, 0.15) is 49.8 Å². The van der Waals surface area contributed by atoms with E-state index in [1.54, 1.807) is 20.8 Å². The van der Waals surface area contributed by atoms with Crippen LogP contribution in [0.25, 0.3) is 0 Å². The molecule has 0 saturated carbocycles. The third-order valence-electron chi connectivity index (χ3n) is 3.76. The summed E-state index contributed by atoms with van der Waals surface area (Å²) >= 11 is 0.868. The van der Waals surface area contributed by atoms with Crippen LogP contribution in [0.2, 0.25) is 0 Å². The van der Waals surface area contributed by atoms with Crippen LogP contribution in [0.15, 0.2) is 24.3 Å². The van der Waals surface area contributed by atoms with Crippen LogP contribution in [0.4, 0.5) is 5.00 Å². The Morgan fingerprint density at radius 3 is 2.30 bits per heavy atom. The number of rotatable bonds is 8. The number of hydrogen-bond acceptors (Lipinski definition) is 9. The highest BCUT2D eigenvalue weighted by molar-refractivity contribution is 7.18. The van der Waals surface area contributed by atoms with Gasteiger partial charge in [0.2, 0.25) is 0 Å². The molecule has 0 unspecified atom stereocenters. The summed E-state index contributed by atoms with van der Waals surface area (Å²) in [6.45, 7) is 4.45. The van der Waals surface area contributed by atoms with Crippen LogP contribution in [0.3, 0.4) is 0 Å². The zero-order valence-corrected chi connectivity index (χ0v) is 17.5. The van der Waals surface area contributed by atoms with E-state index in [9.17, 15) is 24.3 Å². The third kappa shape index (κ3) is 5.57. The fourth-order valence-corrected chi connectivity index (χ4v) is 3.56. The second-order valence-electron chi connectivity index (χ2n) is 5.88. The molecule has 9 nitrogen and oxygen atoms in total. The first-order chi connectivity index (χ1) is 14.3. The summed E-state index contributed by atoms with van der Waals surface area (Å²) in [5.41, 5.74) is 0.438. The van der Waals surface area contributed by atoms with Gasteiger partial charge in [-0.3, -0.25) is 4.79 Å². The SMILES string of the molecule is CCOC(=O)c1sc(NC(=O)COC(=O)c2cccc(O)c2)c(C(=O)OCC)c1C. The minimum absolute atomic E-state index is 0.0394. The van der Waals surface area contributed by atoms with Gasteiger partial charge in [-0.1, -0.05) is 6.07 Å². The highest BCUT2D eigenvalue weighted by Crippen LogP contribution is 2.34. The maximum absolute atomic E-state index is 12.3. The zero-order chi connectivity index (χ0) is 22.3. The molecule has 0 saturated heterocycles. The Morgan fingerprint density at radius 1 is 1.00 bits per heavy atom. The molecule has 1 aromatic carbocycles. The van der Waals surface area contributed by atoms with Crippen molar-refractivity contribution in [2.75, 3.05) is 25.1 Å². The minimum Gasteiger partial charge on any atom is -0.508 e. The number of benzene rings is 1. The van der Waals surface area contributed by atoms with Crippen LogP contribution in [0, 0.1) is 6.92 Å². The summed E-state index contributed by atoms with van der Waals surface area (Å²) in [4.78, 5) is 48.9. The topological polar surface area (TPSA) is 128 Å². The van der Waals surface area contributed by atoms with Crippen molar-refractivity contribution in [3.05, 3.63) is 45.8 Å². The van der Waals surface area contributed by atoms with E-state index in [1.165, 1.54) is 24.3 Å². The quantitative estimate of drug-likeness (QED) is 0.478. The lowest BCUT2D eigenvalue weighted by atomic mass is 10.1. The number of amides is 1. The van der Waals surface area contributed by atoms with Crippen molar-refractivity contribution in [1.82, 2.24) is 0 Å². The van der Waals surface area contributed by atoms with Crippen molar-refractivity contribution in [2.45, 2.75) is 20.8 Å². The standard InChI is InChI=1S/C20H21NO8S/c1-4-27-19(25)15-11(3)16(20(26)28-5-2)30-17(15)21-14(23)10-29-18(24)12-7-6-8-13(22)9-12/h6-9,22H,4-5,10H2,1-3H3,(H,21,23). The predicted molar refractivity (Wildman–Crippen MR) is 108 cm³/mol. The van der Waals surface area contributed by atoms with Gasteiger partial charge < -0.3 is 24.6 Å². The Labute approximate surface area is 176 Å². The molecule has 10 heteroatoms. The fourth-order valence-electron chi connectivity index (χ4n) is 2.45. The number of phenols is 1. The van der Waals surface area contributed by atoms with E-state index in [1.807, 2.05) is 0 Å². The summed E-state index contributed by atoms with van der Waals surface area (Å²) < 4.78 is 14.9. The Morgan fingerprint density at radius 2 is 1.67 bits per heavy atom. The van der Waals surface area contributed by atoms with Gasteiger partial charge >= 0.3 is 17.9 Å². The molecule has 0 radical (unpaired) electrons. The molecular formula is C20H21NO8S. The highest BCUT2D eigenvalue weighted by atomic mass is 32.1. The van der Waals surface area contributed by atoms with Crippen molar-refractivity contribution in [1.29, 1.82) is 0 Å². The van der Waals surface area contributed by atoms with E-state index in [2.05, 4.69) is 5.32 Å². The Hall–Kier alpha value is -3.40. The van der Waals surface area contributed by atoms with Crippen LogP contribution in [-0.4, -0.2) is 48.7 Å². The first-order valence-corrected chi connectivity index (χ1v) is 9.83. The first kappa shape index (κ1) is 22.9. The van der Waals surface area contributed by atoms with Gasteiger partial charge in [0.05, 0.1) is 24.3 Å². The van der Waals surface area contributed by atoms with E-state index in [0.29, 0.717) is 5.56 Å². The molecule has 1 amide bonds. The summed E-state index contributed by atoms with van der Waals surface area (Å²) in [6.07, 6.45) is 0. The lowest BCUT2D eigenvalue weighted by Crippen LogP contribution is -2.21. The van der Waals surface area contributed by atoms with E-state index >= 15 is 0 Å². The van der Waals surface area contributed by atoms with Gasteiger partial charge in [0.1, 0.15) is 15.6 Å². The van der Waals surface area contributed by atoms with E-state index in [4.69, 9.17) is 14.2 Å². The molecule has 0 aliphatic heterocycles. The van der Waals surface area contributed by atoms with E-state index in [0.717, 1.165) is 11.3 Å². The number of carbonyl (C=O) groups excluding carboxylic acids is 4. The molecule has 160 valence electrons. The number of aromatic hydroxyl groups is 1. The Kier molecular flexibility index (Phi) is 7.93. The average Bonchev–Trinajstić information content (AvgIpc) is 3.02. The van der Waals surface area contributed by atoms with E-state index in [-0.39, 0.29) is 40.0 Å². The summed E-state index contributed by atoms with van der Waals surface area (Å²) in [5.74, 6) is -2.96. The normalized spacial score (nSPS) is 10.2. The molecule has 2 aromatic rings. The third-order valence-corrected chi connectivity index (χ3v) is 4.94. The molecule has 1 heterocycles. The molecule has 2 rings (SSSR count). The van der Waals surface area contributed by atoms with Gasteiger partial charge in [-0.2, -0.15) is 0 Å². The number of phenolic OH excluding ortho intramolecular Hbond substituents is 1. The zero-order valence-electron chi connectivity index (χ0n) is 16.6. The lowest BCUT2D eigenvalue weighted by molar-refractivity contribution is -0.119. The number of anilines is 1. The monoisotopic (exact) mass is 435 g/mol. The van der Waals surface area contributed by atoms with Crippen LogP contribution < -0.4 is 5.32 Å². The molecule has 0 aliphatic rings. The van der Waals surface area contributed by atoms with Crippen molar-refractivity contribution in [3.63, 3.8) is 0 Å². The second kappa shape index (κ2) is 10.4. The summed E-state index contributed by atoms with van der Waals surface area (Å²) in [7, 11) is 0. The van der Waals surface area contributed by atoms with Crippen molar-refractivity contribution in [3.8, 4) is 5.75 Å². The molecule has 0 aliphatic carbocycles. The largest absolute Gasteiger partial charge is 0.508 e. The number of esters is 3. The lowest BCUT2D eigenvalue weighted by Gasteiger charge is -2.08. The van der Waals surface area contributed by atoms with Crippen molar-refractivity contribution >= 4 is 40.2 Å². The number of nitrogens with one attached hydrogen (secondary N) is 1. The molecule has 0 atom stereocenters. The Bertz CT molecular complexity index is 966. The molecular weight excluding hydrogens is 414 g/mol. The van der Waals surface area contributed by atoms with Gasteiger partial charge in [-0.05, 0) is 44.5 Å². The van der Waals surface area contributed by atoms with Gasteiger partial charge in [0.25, 0.3) is 5.91 Å². The van der Waals surface area contributed by atoms with Crippen LogP contribution in [0.5, 0.6) is 5.75 Å². The maximum atomic E-state index is 12.3. The van der Waals surface area contributed by atoms with Crippen molar-refractivity contribution in [2.24, 2.45) is 0 Å². The van der Waals surface area contributed by atoms with Gasteiger partial charge in [0.15, 0.2) is 6.61 Å². The molecule has 0 fully saturated rings. The molecule has 30 heavy (non-hydrogen) atoms. The van der Waals surface area contributed by atoms with Gasteiger partial charge in [0, 0.05) is 0 Å². The van der Waals surface area contributed by atoms with Crippen molar-refractivity contribution < 1.29 is 38.5 Å². The maximum Gasteiger partial charge on any atom is 0.348 e. The highest BCUT2D eigenvalue weighted by Gasteiger charge is 2.27. The van der Waals surface area contributed by atoms with Gasteiger partial charge in [-0.15, -0.1) is 11.3 Å². The predicted octanol–water partition coefficient (Wildman–Crippen LogP) is 2.91. The molecule has 1 aromatic heterocycles. The Balaban J connectivity index is 2.16. The molecule has 2 N–H and O–H groups in total.